The zero-order valence-corrected chi connectivity index (χ0v) is 11.2. The van der Waals surface area contributed by atoms with Crippen molar-refractivity contribution in [3.8, 4) is 5.75 Å². The molecule has 2 rings (SSSR count). The van der Waals surface area contributed by atoms with E-state index in [4.69, 9.17) is 10.5 Å². The lowest BCUT2D eigenvalue weighted by molar-refractivity contribution is -0.121. The Bertz CT molecular complexity index is 397. The minimum absolute atomic E-state index is 0.0716. The number of carbonyl (C=O) groups is 1. The van der Waals surface area contributed by atoms with Gasteiger partial charge in [0.05, 0.1) is 13.0 Å². The van der Waals surface area contributed by atoms with Gasteiger partial charge >= 0.3 is 0 Å². The number of nitrogens with one attached hydrogen (secondary N) is 1. The molecule has 0 bridgehead atoms. The summed E-state index contributed by atoms with van der Waals surface area (Å²) in [6.45, 7) is 1.22. The van der Waals surface area contributed by atoms with Crippen molar-refractivity contribution >= 4 is 11.6 Å². The zero-order valence-electron chi connectivity index (χ0n) is 11.2. The Labute approximate surface area is 114 Å². The van der Waals surface area contributed by atoms with Gasteiger partial charge < -0.3 is 15.8 Å². The number of amides is 1. The molecule has 0 atom stereocenters. The van der Waals surface area contributed by atoms with E-state index < -0.39 is 0 Å². The number of nitrogens with two attached hydrogens (primary N) is 1. The molecule has 1 aliphatic carbocycles. The van der Waals surface area contributed by atoms with Gasteiger partial charge in [0.1, 0.15) is 5.75 Å². The summed E-state index contributed by atoms with van der Waals surface area (Å²) in [6.07, 6.45) is 5.52. The van der Waals surface area contributed by atoms with Crippen LogP contribution in [0.4, 0.5) is 5.69 Å². The van der Waals surface area contributed by atoms with Crippen molar-refractivity contribution < 1.29 is 9.53 Å². The Morgan fingerprint density at radius 1 is 1.26 bits per heavy atom. The SMILES string of the molecule is Nc1ccc(OCCC(=O)NCC2CCCC2)cc1. The first-order chi connectivity index (χ1) is 9.24. The van der Waals surface area contributed by atoms with E-state index in [9.17, 15) is 4.79 Å². The molecule has 1 aromatic carbocycles. The van der Waals surface area contributed by atoms with Crippen LogP contribution in [0.3, 0.4) is 0 Å². The minimum Gasteiger partial charge on any atom is -0.493 e. The molecule has 0 spiro atoms. The molecule has 1 aromatic rings. The standard InChI is InChI=1S/C15H22N2O2/c16-13-5-7-14(8-6-13)19-10-9-15(18)17-11-12-3-1-2-4-12/h5-8,12H,1-4,9-11,16H2,(H,17,18). The summed E-state index contributed by atoms with van der Waals surface area (Å²) < 4.78 is 5.49. The van der Waals surface area contributed by atoms with Crippen LogP contribution in [0, 0.1) is 5.92 Å². The topological polar surface area (TPSA) is 64.3 Å². The smallest absolute Gasteiger partial charge is 0.223 e. The number of hydrogen-bond donors (Lipinski definition) is 2. The highest BCUT2D eigenvalue weighted by molar-refractivity contribution is 5.75. The summed E-state index contributed by atoms with van der Waals surface area (Å²) in [5.41, 5.74) is 6.29. The van der Waals surface area contributed by atoms with Crippen LogP contribution < -0.4 is 15.8 Å². The van der Waals surface area contributed by atoms with Crippen molar-refractivity contribution in [1.82, 2.24) is 5.32 Å². The van der Waals surface area contributed by atoms with Crippen LogP contribution in [0.15, 0.2) is 24.3 Å². The van der Waals surface area contributed by atoms with Crippen LogP contribution in [-0.2, 0) is 4.79 Å². The predicted octanol–water partition coefficient (Wildman–Crippen LogP) is 2.34. The van der Waals surface area contributed by atoms with Gasteiger partial charge in [-0.25, -0.2) is 0 Å². The van der Waals surface area contributed by atoms with Crippen LogP contribution in [0.2, 0.25) is 0 Å². The van der Waals surface area contributed by atoms with Crippen molar-refractivity contribution in [3.05, 3.63) is 24.3 Å². The van der Waals surface area contributed by atoms with Gasteiger partial charge in [0.2, 0.25) is 5.91 Å². The Hall–Kier alpha value is -1.71. The van der Waals surface area contributed by atoms with E-state index in [-0.39, 0.29) is 5.91 Å². The quantitative estimate of drug-likeness (QED) is 0.773. The fourth-order valence-corrected chi connectivity index (χ4v) is 2.39. The fourth-order valence-electron chi connectivity index (χ4n) is 2.39. The average molecular weight is 262 g/mol. The van der Waals surface area contributed by atoms with E-state index in [1.165, 1.54) is 25.7 Å². The van der Waals surface area contributed by atoms with Crippen molar-refractivity contribution in [2.75, 3.05) is 18.9 Å². The minimum atomic E-state index is 0.0716. The van der Waals surface area contributed by atoms with Gasteiger partial charge in [-0.3, -0.25) is 4.79 Å². The second-order valence-corrected chi connectivity index (χ2v) is 5.12. The number of ether oxygens (including phenoxy) is 1. The van der Waals surface area contributed by atoms with E-state index in [0.717, 1.165) is 12.3 Å². The highest BCUT2D eigenvalue weighted by Gasteiger charge is 2.15. The Kier molecular flexibility index (Phi) is 5.07. The van der Waals surface area contributed by atoms with Gasteiger partial charge in [0.15, 0.2) is 0 Å². The highest BCUT2D eigenvalue weighted by atomic mass is 16.5. The number of benzene rings is 1. The van der Waals surface area contributed by atoms with Crippen LogP contribution in [0.25, 0.3) is 0 Å². The number of rotatable bonds is 6. The third-order valence-corrected chi connectivity index (χ3v) is 3.54. The molecule has 0 radical (unpaired) electrons. The summed E-state index contributed by atoms with van der Waals surface area (Å²) in [4.78, 5) is 11.6. The van der Waals surface area contributed by atoms with Gasteiger partial charge in [0, 0.05) is 12.2 Å². The predicted molar refractivity (Wildman–Crippen MR) is 75.9 cm³/mol. The van der Waals surface area contributed by atoms with Crippen LogP contribution in [-0.4, -0.2) is 19.1 Å². The van der Waals surface area contributed by atoms with E-state index >= 15 is 0 Å². The lowest BCUT2D eigenvalue weighted by atomic mass is 10.1. The first kappa shape index (κ1) is 13.7. The average Bonchev–Trinajstić information content (AvgIpc) is 2.92. The fraction of sp³-hybridized carbons (Fsp3) is 0.533. The third-order valence-electron chi connectivity index (χ3n) is 3.54. The van der Waals surface area contributed by atoms with Crippen molar-refractivity contribution in [2.24, 2.45) is 5.92 Å². The molecule has 0 saturated heterocycles. The largest absolute Gasteiger partial charge is 0.493 e. The molecule has 1 saturated carbocycles. The van der Waals surface area contributed by atoms with Crippen LogP contribution in [0.1, 0.15) is 32.1 Å². The molecule has 0 aliphatic heterocycles. The molecule has 19 heavy (non-hydrogen) atoms. The molecule has 1 aliphatic rings. The lowest BCUT2D eigenvalue weighted by Gasteiger charge is -2.11. The molecule has 0 unspecified atom stereocenters. The third kappa shape index (κ3) is 4.81. The normalized spacial score (nSPS) is 15.4. The number of nitrogen functional groups attached to an aromatic ring is 1. The summed E-state index contributed by atoms with van der Waals surface area (Å²) in [5.74, 6) is 1.50. The molecule has 4 nitrogen and oxygen atoms in total. The maximum absolute atomic E-state index is 11.6. The van der Waals surface area contributed by atoms with Crippen molar-refractivity contribution in [1.29, 1.82) is 0 Å². The van der Waals surface area contributed by atoms with Crippen molar-refractivity contribution in [3.63, 3.8) is 0 Å². The van der Waals surface area contributed by atoms with Gasteiger partial charge in [-0.2, -0.15) is 0 Å². The molecular weight excluding hydrogens is 240 g/mol. The first-order valence-electron chi connectivity index (χ1n) is 6.99. The molecular formula is C15H22N2O2. The van der Waals surface area contributed by atoms with E-state index in [2.05, 4.69) is 5.32 Å². The Morgan fingerprint density at radius 3 is 2.63 bits per heavy atom. The van der Waals surface area contributed by atoms with Gasteiger partial charge in [-0.05, 0) is 43.0 Å². The zero-order chi connectivity index (χ0) is 13.5. The summed E-state index contributed by atoms with van der Waals surface area (Å²) in [6, 6.07) is 7.20. The van der Waals surface area contributed by atoms with Crippen molar-refractivity contribution in [2.45, 2.75) is 32.1 Å². The molecule has 1 amide bonds. The lowest BCUT2D eigenvalue weighted by Crippen LogP contribution is -2.29. The summed E-state index contributed by atoms with van der Waals surface area (Å²) in [7, 11) is 0. The maximum Gasteiger partial charge on any atom is 0.223 e. The van der Waals surface area contributed by atoms with E-state index in [1.807, 2.05) is 12.1 Å². The van der Waals surface area contributed by atoms with Gasteiger partial charge in [-0.1, -0.05) is 12.8 Å². The number of hydrogen-bond acceptors (Lipinski definition) is 3. The maximum atomic E-state index is 11.6. The highest BCUT2D eigenvalue weighted by Crippen LogP contribution is 2.23. The van der Waals surface area contributed by atoms with Crippen LogP contribution >= 0.6 is 0 Å². The Morgan fingerprint density at radius 2 is 1.95 bits per heavy atom. The number of anilines is 1. The molecule has 0 heterocycles. The second kappa shape index (κ2) is 7.02. The van der Waals surface area contributed by atoms with E-state index in [1.54, 1.807) is 12.1 Å². The number of carbonyl (C=O) groups excluding carboxylic acids is 1. The van der Waals surface area contributed by atoms with Gasteiger partial charge in [0.25, 0.3) is 0 Å². The molecule has 0 aromatic heterocycles. The first-order valence-corrected chi connectivity index (χ1v) is 6.99. The van der Waals surface area contributed by atoms with Crippen LogP contribution in [0.5, 0.6) is 5.75 Å². The molecule has 4 heteroatoms. The Balaban J connectivity index is 1.59. The summed E-state index contributed by atoms with van der Waals surface area (Å²) >= 11 is 0. The molecule has 1 fully saturated rings. The second-order valence-electron chi connectivity index (χ2n) is 5.12. The molecule has 3 N–H and O–H groups in total. The monoisotopic (exact) mass is 262 g/mol. The molecule has 104 valence electrons. The summed E-state index contributed by atoms with van der Waals surface area (Å²) in [5, 5.41) is 2.98. The van der Waals surface area contributed by atoms with Gasteiger partial charge in [-0.15, -0.1) is 0 Å². The van der Waals surface area contributed by atoms with E-state index in [0.29, 0.717) is 24.6 Å².